The Balaban J connectivity index is 2.01. The third-order valence-electron chi connectivity index (χ3n) is 4.51. The number of hydrogen-bond acceptors (Lipinski definition) is 4. The zero-order valence-corrected chi connectivity index (χ0v) is 15.7. The summed E-state index contributed by atoms with van der Waals surface area (Å²) >= 11 is 0. The van der Waals surface area contributed by atoms with Crippen LogP contribution in [0.4, 0.5) is 0 Å². The van der Waals surface area contributed by atoms with Crippen molar-refractivity contribution < 1.29 is 14.3 Å². The maximum absolute atomic E-state index is 13.4. The highest BCUT2D eigenvalue weighted by Crippen LogP contribution is 2.35. The molecule has 0 aliphatic heterocycles. The fourth-order valence-electron chi connectivity index (χ4n) is 3.19. The van der Waals surface area contributed by atoms with E-state index in [-0.39, 0.29) is 6.61 Å². The highest BCUT2D eigenvalue weighted by molar-refractivity contribution is 5.86. The second-order valence-electron chi connectivity index (χ2n) is 6.19. The normalized spacial score (nSPS) is 10.9. The lowest BCUT2D eigenvalue weighted by atomic mass is 9.86. The van der Waals surface area contributed by atoms with Crippen molar-refractivity contribution in [3.05, 3.63) is 107 Å². The zero-order chi connectivity index (χ0) is 19.8. The number of nitriles is 1. The Morgan fingerprint density at radius 1 is 0.893 bits per heavy atom. The Kier molecular flexibility index (Phi) is 6.21. The number of ether oxygens (including phenoxy) is 2. The van der Waals surface area contributed by atoms with Crippen molar-refractivity contribution >= 4 is 5.97 Å². The van der Waals surface area contributed by atoms with Gasteiger partial charge in [0.25, 0.3) is 0 Å². The molecule has 3 aromatic rings. The average Bonchev–Trinajstić information content (AvgIpc) is 2.77. The van der Waals surface area contributed by atoms with E-state index in [2.05, 4.69) is 6.07 Å². The van der Waals surface area contributed by atoms with E-state index in [0.29, 0.717) is 28.9 Å². The fraction of sp³-hybridized carbons (Fsp3) is 0.167. The summed E-state index contributed by atoms with van der Waals surface area (Å²) in [5.41, 5.74) is 1.16. The molecule has 140 valence electrons. The molecule has 3 rings (SSSR count). The topological polar surface area (TPSA) is 59.3 Å². The van der Waals surface area contributed by atoms with Crippen LogP contribution in [0.2, 0.25) is 0 Å². The molecule has 0 radical (unpaired) electrons. The largest absolute Gasteiger partial charge is 0.458 e. The van der Waals surface area contributed by atoms with Gasteiger partial charge in [-0.05, 0) is 24.1 Å². The van der Waals surface area contributed by atoms with Crippen LogP contribution >= 0.6 is 0 Å². The van der Waals surface area contributed by atoms with Crippen LogP contribution in [-0.2, 0) is 26.5 Å². The molecule has 0 spiro atoms. The van der Waals surface area contributed by atoms with Gasteiger partial charge in [-0.2, -0.15) is 5.26 Å². The van der Waals surface area contributed by atoms with Crippen LogP contribution in [0.5, 0.6) is 0 Å². The van der Waals surface area contributed by atoms with E-state index in [1.807, 2.05) is 73.7 Å². The third kappa shape index (κ3) is 3.80. The van der Waals surface area contributed by atoms with Gasteiger partial charge < -0.3 is 9.47 Å². The Morgan fingerprint density at radius 3 is 1.96 bits per heavy atom. The quantitative estimate of drug-likeness (QED) is 0.570. The van der Waals surface area contributed by atoms with Crippen LogP contribution in [0.3, 0.4) is 0 Å². The first-order valence-corrected chi connectivity index (χ1v) is 9.12. The van der Waals surface area contributed by atoms with Crippen molar-refractivity contribution in [1.29, 1.82) is 5.26 Å². The number of hydrogen-bond donors (Lipinski definition) is 0. The maximum atomic E-state index is 13.4. The average molecular weight is 371 g/mol. The van der Waals surface area contributed by atoms with E-state index in [1.165, 1.54) is 0 Å². The van der Waals surface area contributed by atoms with Crippen LogP contribution in [0.1, 0.15) is 29.2 Å². The maximum Gasteiger partial charge on any atom is 0.348 e. The molecule has 0 aliphatic carbocycles. The summed E-state index contributed by atoms with van der Waals surface area (Å²) in [4.78, 5) is 13.4. The SMILES string of the molecule is CCOC(C(=O)OCc1ccccc1C#N)(c1ccccc1)c1ccccc1. The van der Waals surface area contributed by atoms with Crippen molar-refractivity contribution in [3.63, 3.8) is 0 Å². The van der Waals surface area contributed by atoms with E-state index >= 15 is 0 Å². The van der Waals surface area contributed by atoms with E-state index in [4.69, 9.17) is 9.47 Å². The molecule has 0 fully saturated rings. The highest BCUT2D eigenvalue weighted by atomic mass is 16.6. The lowest BCUT2D eigenvalue weighted by Gasteiger charge is -2.32. The molecule has 4 nitrogen and oxygen atoms in total. The van der Waals surface area contributed by atoms with Gasteiger partial charge in [0.05, 0.1) is 11.6 Å². The summed E-state index contributed by atoms with van der Waals surface area (Å²) in [7, 11) is 0. The Hall–Kier alpha value is -3.42. The van der Waals surface area contributed by atoms with Gasteiger partial charge in [0.15, 0.2) is 0 Å². The molecule has 0 saturated carbocycles. The first kappa shape index (κ1) is 19.3. The Bertz CT molecular complexity index is 922. The lowest BCUT2D eigenvalue weighted by Crippen LogP contribution is -2.41. The predicted molar refractivity (Wildman–Crippen MR) is 106 cm³/mol. The van der Waals surface area contributed by atoms with E-state index in [1.54, 1.807) is 18.2 Å². The molecule has 4 heteroatoms. The van der Waals surface area contributed by atoms with Crippen molar-refractivity contribution in [3.8, 4) is 6.07 Å². The predicted octanol–water partition coefficient (Wildman–Crippen LogP) is 4.58. The number of carbonyl (C=O) groups excluding carboxylic acids is 1. The first-order valence-electron chi connectivity index (χ1n) is 9.12. The molecular formula is C24H21NO3. The van der Waals surface area contributed by atoms with Crippen LogP contribution < -0.4 is 0 Å². The smallest absolute Gasteiger partial charge is 0.348 e. The van der Waals surface area contributed by atoms with E-state index in [0.717, 1.165) is 0 Å². The second-order valence-corrected chi connectivity index (χ2v) is 6.19. The van der Waals surface area contributed by atoms with Gasteiger partial charge in [0, 0.05) is 12.2 Å². The Morgan fingerprint density at radius 2 is 1.43 bits per heavy atom. The van der Waals surface area contributed by atoms with Gasteiger partial charge in [0.2, 0.25) is 5.60 Å². The van der Waals surface area contributed by atoms with Crippen molar-refractivity contribution in [2.75, 3.05) is 6.61 Å². The number of rotatable bonds is 7. The van der Waals surface area contributed by atoms with Crippen LogP contribution in [-0.4, -0.2) is 12.6 Å². The van der Waals surface area contributed by atoms with Gasteiger partial charge >= 0.3 is 5.97 Å². The molecule has 0 heterocycles. The summed E-state index contributed by atoms with van der Waals surface area (Å²) in [6.07, 6.45) is 0. The van der Waals surface area contributed by atoms with Crippen LogP contribution in [0, 0.1) is 11.3 Å². The minimum Gasteiger partial charge on any atom is -0.458 e. The highest BCUT2D eigenvalue weighted by Gasteiger charge is 2.44. The molecule has 3 aromatic carbocycles. The number of carbonyl (C=O) groups is 1. The molecule has 0 N–H and O–H groups in total. The molecule has 0 unspecified atom stereocenters. The van der Waals surface area contributed by atoms with Gasteiger partial charge in [-0.25, -0.2) is 4.79 Å². The van der Waals surface area contributed by atoms with Crippen molar-refractivity contribution in [2.24, 2.45) is 0 Å². The fourth-order valence-corrected chi connectivity index (χ4v) is 3.19. The molecule has 0 atom stereocenters. The number of nitrogens with zero attached hydrogens (tertiary/aromatic N) is 1. The summed E-state index contributed by atoms with van der Waals surface area (Å²) in [6, 6.07) is 27.9. The summed E-state index contributed by atoms with van der Waals surface area (Å²) in [5, 5.41) is 9.27. The molecule has 0 amide bonds. The van der Waals surface area contributed by atoms with Crippen LogP contribution in [0.25, 0.3) is 0 Å². The van der Waals surface area contributed by atoms with Crippen LogP contribution in [0.15, 0.2) is 84.9 Å². The molecule has 0 saturated heterocycles. The van der Waals surface area contributed by atoms with Gasteiger partial charge in [0.1, 0.15) is 6.61 Å². The van der Waals surface area contributed by atoms with Crippen molar-refractivity contribution in [2.45, 2.75) is 19.1 Å². The zero-order valence-electron chi connectivity index (χ0n) is 15.7. The molecule has 0 aromatic heterocycles. The van der Waals surface area contributed by atoms with E-state index < -0.39 is 11.6 Å². The summed E-state index contributed by atoms with van der Waals surface area (Å²) in [5.74, 6) is -0.514. The third-order valence-corrected chi connectivity index (χ3v) is 4.51. The molecule has 0 bridgehead atoms. The summed E-state index contributed by atoms with van der Waals surface area (Å²) in [6.45, 7) is 2.17. The van der Waals surface area contributed by atoms with Gasteiger partial charge in [-0.1, -0.05) is 78.9 Å². The Labute approximate surface area is 165 Å². The summed E-state index contributed by atoms with van der Waals surface area (Å²) < 4.78 is 11.8. The lowest BCUT2D eigenvalue weighted by molar-refractivity contribution is -0.169. The first-order chi connectivity index (χ1) is 13.7. The minimum atomic E-state index is -1.38. The van der Waals surface area contributed by atoms with Gasteiger partial charge in [-0.15, -0.1) is 0 Å². The number of esters is 1. The standard InChI is InChI=1S/C24H21NO3/c1-2-28-24(21-13-5-3-6-14-21,22-15-7-4-8-16-22)23(26)27-18-20-12-10-9-11-19(20)17-25/h3-16H,2,18H2,1H3. The van der Waals surface area contributed by atoms with E-state index in [9.17, 15) is 10.1 Å². The number of benzene rings is 3. The minimum absolute atomic E-state index is 0.00292. The van der Waals surface area contributed by atoms with Crippen molar-refractivity contribution in [1.82, 2.24) is 0 Å². The second kappa shape index (κ2) is 8.98. The molecule has 28 heavy (non-hydrogen) atoms. The molecular weight excluding hydrogens is 350 g/mol. The van der Waals surface area contributed by atoms with Gasteiger partial charge in [-0.3, -0.25) is 0 Å². The molecule has 0 aliphatic rings. The monoisotopic (exact) mass is 371 g/mol.